The zero-order valence-electron chi connectivity index (χ0n) is 5.93. The fraction of sp³-hybridized carbons (Fsp3) is 0. The van der Waals surface area contributed by atoms with Gasteiger partial charge in [-0.25, -0.2) is 9.98 Å². The van der Waals surface area contributed by atoms with E-state index in [4.69, 9.17) is 0 Å². The molecule has 5 heteroatoms. The molecule has 0 saturated carbocycles. The van der Waals surface area contributed by atoms with Crippen molar-refractivity contribution in [3.05, 3.63) is 23.9 Å². The molecule has 2 rings (SSSR count). The Morgan fingerprint density at radius 1 is 1.25 bits per heavy atom. The fourth-order valence-electron chi connectivity index (χ4n) is 0.973. The molecule has 0 radical (unpaired) electrons. The van der Waals surface area contributed by atoms with Gasteiger partial charge in [-0.2, -0.15) is 8.42 Å². The Morgan fingerprint density at radius 3 is 2.83 bits per heavy atom. The standard InChI is InChI=1S/C7H4N2O2S/c10-12(11)5-1-2-6-7(3-5)9-4-8-6/h1-4H. The molecule has 1 aliphatic carbocycles. The number of allylic oxidation sites excluding steroid dienone is 3. The molecule has 1 aliphatic heterocycles. The summed E-state index contributed by atoms with van der Waals surface area (Å²) in [6.45, 7) is 0. The lowest BCUT2D eigenvalue weighted by molar-refractivity contribution is 0.627. The number of hydrogen-bond donors (Lipinski definition) is 0. The third kappa shape index (κ3) is 1.04. The zero-order valence-corrected chi connectivity index (χ0v) is 6.75. The minimum Gasteiger partial charge on any atom is -0.235 e. The van der Waals surface area contributed by atoms with E-state index in [1.54, 1.807) is 6.08 Å². The van der Waals surface area contributed by atoms with E-state index in [0.717, 1.165) is 0 Å². The Hall–Kier alpha value is -1.49. The van der Waals surface area contributed by atoms with Crippen molar-refractivity contribution in [2.24, 2.45) is 9.98 Å². The summed E-state index contributed by atoms with van der Waals surface area (Å²) >= 11 is 0. The molecule has 0 aromatic heterocycles. The monoisotopic (exact) mass is 180 g/mol. The van der Waals surface area contributed by atoms with Crippen LogP contribution in [0, 0.1) is 0 Å². The van der Waals surface area contributed by atoms with Gasteiger partial charge in [0.05, 0.1) is 16.3 Å². The van der Waals surface area contributed by atoms with Crippen LogP contribution >= 0.6 is 0 Å². The summed E-state index contributed by atoms with van der Waals surface area (Å²) in [5.74, 6) is 0. The molecule has 0 aromatic rings. The van der Waals surface area contributed by atoms with Crippen molar-refractivity contribution in [1.82, 2.24) is 0 Å². The maximum atomic E-state index is 10.5. The Morgan fingerprint density at radius 2 is 2.08 bits per heavy atom. The zero-order chi connectivity index (χ0) is 8.55. The van der Waals surface area contributed by atoms with Gasteiger partial charge in [0.2, 0.25) is 10.3 Å². The number of aliphatic imine (C=N–C) groups is 2. The number of nitrogens with zero attached hydrogens (tertiary/aromatic N) is 2. The Bertz CT molecular complexity index is 470. The lowest BCUT2D eigenvalue weighted by atomic mass is 10.1. The molecule has 0 bridgehead atoms. The van der Waals surface area contributed by atoms with Crippen molar-refractivity contribution in [3.8, 4) is 0 Å². The molecular weight excluding hydrogens is 176 g/mol. The molecule has 0 saturated heterocycles. The Labute approximate surface area is 70.2 Å². The van der Waals surface area contributed by atoms with Crippen molar-refractivity contribution in [1.29, 1.82) is 0 Å². The summed E-state index contributed by atoms with van der Waals surface area (Å²) in [6.07, 6.45) is 6.03. The smallest absolute Gasteiger partial charge is 0.221 e. The predicted octanol–water partition coefficient (Wildman–Crippen LogP) is -0.0255. The van der Waals surface area contributed by atoms with Gasteiger partial charge in [0, 0.05) is 0 Å². The molecule has 60 valence electrons. The van der Waals surface area contributed by atoms with Gasteiger partial charge in [-0.1, -0.05) is 0 Å². The quantitative estimate of drug-likeness (QED) is 0.492. The second-order valence-corrected chi connectivity index (χ2v) is 3.20. The molecule has 2 aliphatic rings. The number of fused-ring (bicyclic) bond motifs is 1. The molecule has 0 aromatic carbocycles. The molecule has 12 heavy (non-hydrogen) atoms. The first kappa shape index (κ1) is 7.17. The van der Waals surface area contributed by atoms with Crippen LogP contribution in [0.25, 0.3) is 0 Å². The molecule has 1 heterocycles. The van der Waals surface area contributed by atoms with E-state index in [1.807, 2.05) is 0 Å². The van der Waals surface area contributed by atoms with E-state index >= 15 is 0 Å². The third-order valence-electron chi connectivity index (χ3n) is 1.53. The molecule has 4 nitrogen and oxygen atoms in total. The summed E-state index contributed by atoms with van der Waals surface area (Å²) in [7, 11) is -2.19. The molecule has 0 unspecified atom stereocenters. The Balaban J connectivity index is 2.61. The van der Waals surface area contributed by atoms with E-state index in [9.17, 15) is 8.42 Å². The highest BCUT2D eigenvalue weighted by Gasteiger charge is 2.12. The highest BCUT2D eigenvalue weighted by molar-refractivity contribution is 7.73. The highest BCUT2D eigenvalue weighted by atomic mass is 32.2. The van der Waals surface area contributed by atoms with Gasteiger partial charge >= 0.3 is 0 Å². The van der Waals surface area contributed by atoms with Crippen LogP contribution in [0.1, 0.15) is 0 Å². The van der Waals surface area contributed by atoms with E-state index in [-0.39, 0.29) is 4.86 Å². The topological polar surface area (TPSA) is 58.9 Å². The van der Waals surface area contributed by atoms with Gasteiger partial charge in [-0.3, -0.25) is 0 Å². The highest BCUT2D eigenvalue weighted by Crippen LogP contribution is 2.11. The average Bonchev–Trinajstić information content (AvgIpc) is 2.49. The van der Waals surface area contributed by atoms with Crippen molar-refractivity contribution < 1.29 is 8.42 Å². The largest absolute Gasteiger partial charge is 0.235 e. The van der Waals surface area contributed by atoms with Crippen molar-refractivity contribution in [2.75, 3.05) is 0 Å². The minimum absolute atomic E-state index is 0.239. The van der Waals surface area contributed by atoms with Crippen LogP contribution in [-0.4, -0.2) is 25.3 Å². The maximum absolute atomic E-state index is 10.5. The summed E-state index contributed by atoms with van der Waals surface area (Å²) in [5, 5.41) is 0. The van der Waals surface area contributed by atoms with E-state index in [0.29, 0.717) is 11.4 Å². The maximum Gasteiger partial charge on any atom is 0.221 e. The normalized spacial score (nSPS) is 18.8. The van der Waals surface area contributed by atoms with Crippen molar-refractivity contribution in [2.45, 2.75) is 0 Å². The van der Waals surface area contributed by atoms with Crippen LogP contribution in [-0.2, 0) is 10.3 Å². The van der Waals surface area contributed by atoms with Gasteiger partial charge in [-0.15, -0.1) is 0 Å². The first-order chi connectivity index (χ1) is 5.77. The summed E-state index contributed by atoms with van der Waals surface area (Å²) in [6, 6.07) is 0. The van der Waals surface area contributed by atoms with Crippen LogP contribution in [0.2, 0.25) is 0 Å². The molecule has 0 spiro atoms. The lowest BCUT2D eigenvalue weighted by Gasteiger charge is -1.99. The van der Waals surface area contributed by atoms with Gasteiger partial charge < -0.3 is 0 Å². The van der Waals surface area contributed by atoms with Gasteiger partial charge in [0.1, 0.15) is 6.34 Å². The van der Waals surface area contributed by atoms with E-state index in [2.05, 4.69) is 9.98 Å². The summed E-state index contributed by atoms with van der Waals surface area (Å²) < 4.78 is 21.0. The minimum atomic E-state index is -2.19. The molecular formula is C7H4N2O2S. The first-order valence-electron chi connectivity index (χ1n) is 3.24. The van der Waals surface area contributed by atoms with Crippen LogP contribution in [0.5, 0.6) is 0 Å². The SMILES string of the molecule is O=S(=O)=C1C=CC2=NC=NC2=C1. The van der Waals surface area contributed by atoms with Gasteiger partial charge in [0.15, 0.2) is 0 Å². The van der Waals surface area contributed by atoms with Crippen LogP contribution in [0.3, 0.4) is 0 Å². The average molecular weight is 180 g/mol. The molecule has 0 fully saturated rings. The molecule has 0 N–H and O–H groups in total. The van der Waals surface area contributed by atoms with Crippen LogP contribution < -0.4 is 0 Å². The second-order valence-electron chi connectivity index (χ2n) is 2.26. The van der Waals surface area contributed by atoms with Gasteiger partial charge in [0.25, 0.3) is 0 Å². The van der Waals surface area contributed by atoms with E-state index in [1.165, 1.54) is 18.5 Å². The lowest BCUT2D eigenvalue weighted by Crippen LogP contribution is -2.04. The van der Waals surface area contributed by atoms with Crippen molar-refractivity contribution in [3.63, 3.8) is 0 Å². The summed E-state index contributed by atoms with van der Waals surface area (Å²) in [5.41, 5.74) is 1.32. The molecule has 0 atom stereocenters. The van der Waals surface area contributed by atoms with Gasteiger partial charge in [-0.05, 0) is 18.2 Å². The Kier molecular flexibility index (Phi) is 1.51. The van der Waals surface area contributed by atoms with E-state index < -0.39 is 10.3 Å². The fourth-order valence-corrected chi connectivity index (χ4v) is 1.36. The second kappa shape index (κ2) is 2.53. The van der Waals surface area contributed by atoms with Crippen molar-refractivity contribution >= 4 is 27.2 Å². The number of rotatable bonds is 0. The first-order valence-corrected chi connectivity index (χ1v) is 4.31. The molecule has 0 amide bonds. The summed E-state index contributed by atoms with van der Waals surface area (Å²) in [4.78, 5) is 8.02. The van der Waals surface area contributed by atoms with Crippen LogP contribution in [0.15, 0.2) is 33.9 Å². The third-order valence-corrected chi connectivity index (χ3v) is 2.17. The predicted molar refractivity (Wildman–Crippen MR) is 47.1 cm³/mol. The number of hydrogen-bond acceptors (Lipinski definition) is 4. The van der Waals surface area contributed by atoms with Crippen LogP contribution in [0.4, 0.5) is 0 Å².